The van der Waals surface area contributed by atoms with Crippen LogP contribution in [0.25, 0.3) is 11.1 Å². The topological polar surface area (TPSA) is 181 Å². The summed E-state index contributed by atoms with van der Waals surface area (Å²) in [5.74, 6) is -0.929. The molecule has 75 heavy (non-hydrogen) atoms. The number of phosphoric ester groups is 1. The van der Waals surface area contributed by atoms with E-state index in [1.807, 2.05) is 76.4 Å². The van der Waals surface area contributed by atoms with Crippen molar-refractivity contribution >= 4 is 68.3 Å². The smallest absolute Gasteiger partial charge is 0.388 e. The predicted octanol–water partition coefficient (Wildman–Crippen LogP) is 12.0. The number of phosphoric acid groups is 1. The molecule has 22 heteroatoms. The first-order valence-corrected chi connectivity index (χ1v) is 30.0. The van der Waals surface area contributed by atoms with Gasteiger partial charge in [-0.25, -0.2) is 26.1 Å². The monoisotopic (exact) mass is 1140 g/mol. The number of likely N-dealkylation sites (N-methyl/N-ethyl adjacent to an activating group) is 1. The highest BCUT2D eigenvalue weighted by Crippen LogP contribution is 2.55. The SMILES string of the molecule is CN(CCOP(=O)(OC(C)(C)C)OC(C)(C)C)CC[C@H](CSc1ccccc1)Nc1ccc(S(=O)(=O)NC(=O)c2ccc(N3CCC(C(O)c4cc(Cl)ccc4-c4ccccc4)CC3)cc2)cc1S(=O)(=O)C(F)(F)F. The molecular weight excluding hydrogens is 1070 g/mol. The molecule has 5 aromatic rings. The highest BCUT2D eigenvalue weighted by molar-refractivity contribution is 7.99. The largest absolute Gasteiger partial charge is 0.501 e. The number of anilines is 2. The number of amides is 1. The predicted molar refractivity (Wildman–Crippen MR) is 289 cm³/mol. The number of rotatable bonds is 22. The summed E-state index contributed by atoms with van der Waals surface area (Å²) in [7, 11) is -13.4. The lowest BCUT2D eigenvalue weighted by Gasteiger charge is -2.36. The van der Waals surface area contributed by atoms with E-state index < -0.39 is 77.9 Å². The van der Waals surface area contributed by atoms with Gasteiger partial charge >= 0.3 is 13.3 Å². The molecule has 3 N–H and O–H groups in total. The molecule has 0 aromatic heterocycles. The minimum atomic E-state index is -6.17. The van der Waals surface area contributed by atoms with Gasteiger partial charge in [0.25, 0.3) is 25.8 Å². The minimum Gasteiger partial charge on any atom is -0.388 e. The summed E-state index contributed by atoms with van der Waals surface area (Å²) in [5, 5.41) is 15.0. The van der Waals surface area contributed by atoms with Crippen LogP contribution in [0.5, 0.6) is 0 Å². The molecular formula is C53H65ClF3N4O10PS3. The number of piperidine rings is 1. The number of hydrogen-bond donors (Lipinski definition) is 3. The van der Waals surface area contributed by atoms with Gasteiger partial charge < -0.3 is 20.2 Å². The Kier molecular flexibility index (Phi) is 19.8. The van der Waals surface area contributed by atoms with Crippen molar-refractivity contribution in [3.63, 3.8) is 0 Å². The Morgan fingerprint density at radius 3 is 2.03 bits per heavy atom. The van der Waals surface area contributed by atoms with E-state index in [-0.39, 0.29) is 36.8 Å². The average molecular weight is 1140 g/mol. The van der Waals surface area contributed by atoms with Gasteiger partial charge in [0.05, 0.1) is 34.5 Å². The molecule has 0 radical (unpaired) electrons. The molecule has 14 nitrogen and oxygen atoms in total. The molecule has 1 aliphatic heterocycles. The number of aliphatic hydroxyl groups excluding tert-OH is 1. The van der Waals surface area contributed by atoms with E-state index in [2.05, 4.69) is 10.2 Å². The first-order chi connectivity index (χ1) is 35.0. The van der Waals surface area contributed by atoms with Crippen LogP contribution in [0.3, 0.4) is 0 Å². The average Bonchev–Trinajstić information content (AvgIpc) is 3.33. The van der Waals surface area contributed by atoms with Crippen molar-refractivity contribution in [1.29, 1.82) is 0 Å². The van der Waals surface area contributed by atoms with Crippen molar-refractivity contribution < 1.29 is 58.0 Å². The molecule has 1 heterocycles. The Bertz CT molecular complexity index is 2980. The van der Waals surface area contributed by atoms with Crippen molar-refractivity contribution in [3.05, 3.63) is 137 Å². The van der Waals surface area contributed by atoms with E-state index in [4.69, 9.17) is 25.2 Å². The summed E-state index contributed by atoms with van der Waals surface area (Å²) in [4.78, 5) is 15.9. The van der Waals surface area contributed by atoms with Gasteiger partial charge in [0.1, 0.15) is 4.90 Å². The zero-order chi connectivity index (χ0) is 55.0. The van der Waals surface area contributed by atoms with Crippen molar-refractivity contribution in [2.24, 2.45) is 5.92 Å². The number of nitrogens with one attached hydrogen (secondary N) is 2. The van der Waals surface area contributed by atoms with Gasteiger partial charge in [0, 0.05) is 52.6 Å². The molecule has 408 valence electrons. The lowest BCUT2D eigenvalue weighted by atomic mass is 9.84. The summed E-state index contributed by atoms with van der Waals surface area (Å²) in [5.41, 5.74) is -4.78. The highest BCUT2D eigenvalue weighted by atomic mass is 35.5. The third kappa shape index (κ3) is 17.0. The molecule has 2 atom stereocenters. The quantitative estimate of drug-likeness (QED) is 0.0440. The number of sulfonamides is 1. The van der Waals surface area contributed by atoms with E-state index in [0.29, 0.717) is 43.6 Å². The fourth-order valence-corrected chi connectivity index (χ4v) is 13.2. The second kappa shape index (κ2) is 24.9. The van der Waals surface area contributed by atoms with Crippen LogP contribution in [0, 0.1) is 5.92 Å². The number of halogens is 4. The number of alkyl halides is 3. The summed E-state index contributed by atoms with van der Waals surface area (Å²) in [6.45, 7) is 11.9. The van der Waals surface area contributed by atoms with Gasteiger partial charge in [-0.15, -0.1) is 11.8 Å². The van der Waals surface area contributed by atoms with Gasteiger partial charge in [-0.05, 0) is 164 Å². The van der Waals surface area contributed by atoms with Crippen LogP contribution in [-0.2, 0) is 38.0 Å². The van der Waals surface area contributed by atoms with Gasteiger partial charge in [-0.3, -0.25) is 18.4 Å². The fourth-order valence-electron chi connectivity index (χ4n) is 8.26. The van der Waals surface area contributed by atoms with Crippen LogP contribution in [0.15, 0.2) is 136 Å². The van der Waals surface area contributed by atoms with Gasteiger partial charge in [0.2, 0.25) is 0 Å². The van der Waals surface area contributed by atoms with E-state index >= 15 is 0 Å². The third-order valence-electron chi connectivity index (χ3n) is 11.9. The first-order valence-electron chi connectivity index (χ1n) is 24.2. The van der Waals surface area contributed by atoms with Gasteiger partial charge in [-0.2, -0.15) is 13.2 Å². The molecule has 1 unspecified atom stereocenters. The van der Waals surface area contributed by atoms with Crippen molar-refractivity contribution in [2.75, 3.05) is 55.8 Å². The van der Waals surface area contributed by atoms with Crippen LogP contribution >= 0.6 is 31.2 Å². The molecule has 1 amide bonds. The summed E-state index contributed by atoms with van der Waals surface area (Å²) >= 11 is 7.74. The zero-order valence-electron chi connectivity index (χ0n) is 42.8. The van der Waals surface area contributed by atoms with Crippen LogP contribution in [0.2, 0.25) is 5.02 Å². The number of thioether (sulfide) groups is 1. The summed E-state index contributed by atoms with van der Waals surface area (Å²) in [6.07, 6.45) is 0.741. The maximum Gasteiger partial charge on any atom is 0.501 e. The van der Waals surface area contributed by atoms with E-state index in [9.17, 15) is 44.5 Å². The lowest BCUT2D eigenvalue weighted by molar-refractivity contribution is -0.0436. The molecule has 6 rings (SSSR count). The number of hydrogen-bond acceptors (Lipinski definition) is 14. The Balaban J connectivity index is 1.14. The molecule has 1 aliphatic rings. The molecule has 0 bridgehead atoms. The lowest BCUT2D eigenvalue weighted by Crippen LogP contribution is -2.36. The molecule has 1 fully saturated rings. The normalized spacial score (nSPS) is 15.2. The number of nitrogens with zero attached hydrogens (tertiary/aromatic N) is 2. The van der Waals surface area contributed by atoms with Crippen LogP contribution in [0.1, 0.15) is 82.8 Å². The maximum absolute atomic E-state index is 14.4. The van der Waals surface area contributed by atoms with Crippen LogP contribution in [0.4, 0.5) is 24.5 Å². The Morgan fingerprint density at radius 2 is 1.44 bits per heavy atom. The first kappa shape index (κ1) is 59.8. The Morgan fingerprint density at radius 1 is 0.840 bits per heavy atom. The molecule has 0 aliphatic carbocycles. The standard InChI is InChI=1S/C53H65ClF3N4O10PS3/c1-51(2,3)70-72(64,71-52(4,5)6)69-33-32-60(7)29-28-41(36-73-43-16-12-9-13-17-43)58-47-25-23-44(35-48(47)74(65,66)53(55,56)57)75(67,68)59-50(63)39-18-21-42(22-19-39)61-30-26-38(27-31-61)49(62)46-34-40(54)20-24-45(46)37-14-10-8-11-15-37/h8-25,34-35,38,41,49,58,62H,26-33,36H2,1-7H3,(H,59,63)/t41-,49?/m1/s1. The number of benzene rings is 5. The van der Waals surface area contributed by atoms with Crippen molar-refractivity contribution in [2.45, 2.75) is 104 Å². The highest BCUT2D eigenvalue weighted by Gasteiger charge is 2.48. The van der Waals surface area contributed by atoms with Gasteiger partial charge in [-0.1, -0.05) is 66.2 Å². The van der Waals surface area contributed by atoms with Gasteiger partial charge in [0.15, 0.2) is 0 Å². The summed E-state index contributed by atoms with van der Waals surface area (Å²) in [6, 6.07) is 32.0. The molecule has 1 saturated heterocycles. The Hall–Kier alpha value is -4.47. The molecule has 5 aromatic carbocycles. The number of aliphatic hydroxyl groups is 1. The third-order valence-corrected chi connectivity index (χ3v) is 18.2. The number of sulfone groups is 1. The zero-order valence-corrected chi connectivity index (χ0v) is 46.9. The second-order valence-electron chi connectivity index (χ2n) is 20.2. The summed E-state index contributed by atoms with van der Waals surface area (Å²) < 4.78 is 129. The number of carbonyl (C=O) groups excluding carboxylic acids is 1. The fraction of sp³-hybridized carbons (Fsp3) is 0.415. The van der Waals surface area contributed by atoms with E-state index in [1.165, 1.54) is 23.9 Å². The number of carbonyl (C=O) groups is 1. The molecule has 0 saturated carbocycles. The van der Waals surface area contributed by atoms with Crippen LogP contribution < -0.4 is 14.9 Å². The second-order valence-corrected chi connectivity index (χ2v) is 26.8. The minimum absolute atomic E-state index is 0.0717. The molecule has 0 spiro atoms. The van der Waals surface area contributed by atoms with Crippen LogP contribution in [-0.4, -0.2) is 101 Å². The Labute approximate surface area is 448 Å². The van der Waals surface area contributed by atoms with E-state index in [0.717, 1.165) is 39.4 Å². The van der Waals surface area contributed by atoms with Crippen molar-refractivity contribution in [1.82, 2.24) is 9.62 Å². The maximum atomic E-state index is 14.4. The van der Waals surface area contributed by atoms with Crippen molar-refractivity contribution in [3.8, 4) is 11.1 Å². The van der Waals surface area contributed by atoms with E-state index in [1.54, 1.807) is 72.9 Å².